The van der Waals surface area contributed by atoms with Gasteiger partial charge >= 0.3 is 7.60 Å². The van der Waals surface area contributed by atoms with Gasteiger partial charge in [-0.05, 0) is 59.1 Å². The Kier molecular flexibility index (Phi) is 11.4. The van der Waals surface area contributed by atoms with E-state index >= 15 is 0 Å². The standard InChI is InChI=1S/C21H35N2O4P/c1-7-13-23(6)20(18-22(4)5)16-19-11-10-12-21(17-19)25-14-15-28(24,26-8-2)27-9-3/h1,10-12,17,20H,8-9,13-16,18H2,2-6H3/t20-/m0/s1. The topological polar surface area (TPSA) is 51.2 Å². The summed E-state index contributed by atoms with van der Waals surface area (Å²) in [5.41, 5.74) is 1.17. The molecular formula is C21H35N2O4P. The lowest BCUT2D eigenvalue weighted by atomic mass is 10.0. The summed E-state index contributed by atoms with van der Waals surface area (Å²) in [4.78, 5) is 4.35. The number of rotatable bonds is 14. The zero-order valence-corrected chi connectivity index (χ0v) is 18.8. The molecule has 0 fully saturated rings. The summed E-state index contributed by atoms with van der Waals surface area (Å²) < 4.78 is 28.9. The van der Waals surface area contributed by atoms with Gasteiger partial charge in [0.15, 0.2) is 0 Å². The number of nitrogens with zero attached hydrogens (tertiary/aromatic N) is 2. The molecule has 0 aliphatic carbocycles. The molecule has 0 saturated carbocycles. The maximum absolute atomic E-state index is 12.5. The smallest absolute Gasteiger partial charge is 0.334 e. The number of ether oxygens (including phenoxy) is 1. The fourth-order valence-electron chi connectivity index (χ4n) is 2.92. The van der Waals surface area contributed by atoms with Crippen LogP contribution in [0.5, 0.6) is 5.75 Å². The van der Waals surface area contributed by atoms with E-state index in [-0.39, 0.29) is 12.8 Å². The number of benzene rings is 1. The van der Waals surface area contributed by atoms with Gasteiger partial charge in [-0.15, -0.1) is 6.42 Å². The molecule has 0 saturated heterocycles. The number of terminal acetylenes is 1. The van der Waals surface area contributed by atoms with Crippen molar-refractivity contribution in [2.24, 2.45) is 0 Å². The van der Waals surface area contributed by atoms with Crippen LogP contribution in [0, 0.1) is 12.3 Å². The Hall–Kier alpha value is -1.35. The molecule has 0 aliphatic rings. The van der Waals surface area contributed by atoms with Crippen molar-refractivity contribution in [1.29, 1.82) is 0 Å². The highest BCUT2D eigenvalue weighted by Crippen LogP contribution is 2.47. The third-order valence-electron chi connectivity index (χ3n) is 4.20. The van der Waals surface area contributed by atoms with Gasteiger partial charge in [0, 0.05) is 12.6 Å². The first-order valence-electron chi connectivity index (χ1n) is 9.71. The summed E-state index contributed by atoms with van der Waals surface area (Å²) in [5, 5.41) is 0. The number of hydrogen-bond donors (Lipinski definition) is 0. The minimum Gasteiger partial charge on any atom is -0.493 e. The van der Waals surface area contributed by atoms with E-state index in [1.165, 1.54) is 5.56 Å². The maximum atomic E-state index is 12.5. The molecule has 0 heterocycles. The average Bonchev–Trinajstić information content (AvgIpc) is 2.62. The van der Waals surface area contributed by atoms with Gasteiger partial charge in [0.05, 0.1) is 32.5 Å². The van der Waals surface area contributed by atoms with Gasteiger partial charge in [-0.1, -0.05) is 18.1 Å². The molecule has 1 atom stereocenters. The molecule has 1 aromatic carbocycles. The molecule has 0 aliphatic heterocycles. The quantitative estimate of drug-likeness (QED) is 0.346. The van der Waals surface area contributed by atoms with Crippen LogP contribution in [0.3, 0.4) is 0 Å². The van der Waals surface area contributed by atoms with Crippen molar-refractivity contribution in [1.82, 2.24) is 9.80 Å². The van der Waals surface area contributed by atoms with E-state index in [1.54, 1.807) is 13.8 Å². The van der Waals surface area contributed by atoms with Gasteiger partial charge in [0.2, 0.25) is 0 Å². The third kappa shape index (κ3) is 9.23. The first kappa shape index (κ1) is 24.7. The lowest BCUT2D eigenvalue weighted by molar-refractivity contribution is 0.211. The summed E-state index contributed by atoms with van der Waals surface area (Å²) in [6.45, 7) is 6.11. The Morgan fingerprint density at radius 1 is 1.18 bits per heavy atom. The van der Waals surface area contributed by atoms with Gasteiger partial charge in [-0.3, -0.25) is 9.46 Å². The van der Waals surface area contributed by atoms with Crippen LogP contribution in [0.1, 0.15) is 19.4 Å². The fourth-order valence-corrected chi connectivity index (χ4v) is 4.36. The normalized spacial score (nSPS) is 12.9. The molecule has 0 amide bonds. The zero-order valence-electron chi connectivity index (χ0n) is 17.9. The van der Waals surface area contributed by atoms with Gasteiger partial charge < -0.3 is 18.7 Å². The van der Waals surface area contributed by atoms with Crippen LogP contribution in [-0.2, 0) is 20.0 Å². The van der Waals surface area contributed by atoms with Crippen LogP contribution in [0.4, 0.5) is 0 Å². The van der Waals surface area contributed by atoms with E-state index in [0.717, 1.165) is 18.7 Å². The SMILES string of the molecule is C#CCN(C)[C@@H](Cc1cccc(OCCP(=O)(OCC)OCC)c1)CN(C)C. The van der Waals surface area contributed by atoms with Crippen LogP contribution in [0.2, 0.25) is 0 Å². The molecule has 0 radical (unpaired) electrons. The average molecular weight is 410 g/mol. The summed E-state index contributed by atoms with van der Waals surface area (Å²) in [5.74, 6) is 3.46. The van der Waals surface area contributed by atoms with Crippen molar-refractivity contribution < 1.29 is 18.3 Å². The predicted octanol–water partition coefficient (Wildman–Crippen LogP) is 3.37. The summed E-state index contributed by atoms with van der Waals surface area (Å²) in [6.07, 6.45) is 6.57. The van der Waals surface area contributed by atoms with E-state index in [0.29, 0.717) is 25.8 Å². The van der Waals surface area contributed by atoms with Gasteiger partial charge in [-0.2, -0.15) is 0 Å². The van der Waals surface area contributed by atoms with Crippen molar-refractivity contribution >= 4 is 7.60 Å². The predicted molar refractivity (Wildman–Crippen MR) is 115 cm³/mol. The van der Waals surface area contributed by atoms with Crippen LogP contribution in [0.15, 0.2) is 24.3 Å². The molecular weight excluding hydrogens is 375 g/mol. The minimum absolute atomic E-state index is 0.229. The highest BCUT2D eigenvalue weighted by Gasteiger charge is 2.23. The second kappa shape index (κ2) is 13.0. The molecule has 1 aromatic rings. The zero-order chi connectivity index (χ0) is 21.0. The maximum Gasteiger partial charge on any atom is 0.334 e. The summed E-state index contributed by atoms with van der Waals surface area (Å²) in [6, 6.07) is 8.30. The van der Waals surface area contributed by atoms with E-state index < -0.39 is 7.60 Å². The molecule has 0 N–H and O–H groups in total. The van der Waals surface area contributed by atoms with Gasteiger partial charge in [-0.25, -0.2) is 0 Å². The highest BCUT2D eigenvalue weighted by molar-refractivity contribution is 7.53. The largest absolute Gasteiger partial charge is 0.493 e. The van der Waals surface area contributed by atoms with Crippen molar-refractivity contribution in [2.75, 3.05) is 60.2 Å². The Balaban J connectivity index is 2.71. The number of hydrogen-bond acceptors (Lipinski definition) is 6. The molecule has 0 spiro atoms. The third-order valence-corrected chi connectivity index (χ3v) is 6.23. The molecule has 6 nitrogen and oxygen atoms in total. The van der Waals surface area contributed by atoms with Crippen LogP contribution in [0.25, 0.3) is 0 Å². The summed E-state index contributed by atoms with van der Waals surface area (Å²) in [7, 11) is 3.09. The van der Waals surface area contributed by atoms with Crippen LogP contribution in [-0.4, -0.2) is 76.1 Å². The first-order valence-corrected chi connectivity index (χ1v) is 11.4. The monoisotopic (exact) mass is 410 g/mol. The Bertz CT molecular complexity index is 650. The van der Waals surface area contributed by atoms with Crippen LogP contribution >= 0.6 is 7.60 Å². The fraction of sp³-hybridized carbons (Fsp3) is 0.619. The Labute approximate surface area is 170 Å². The van der Waals surface area contributed by atoms with Gasteiger partial charge in [0.1, 0.15) is 5.75 Å². The van der Waals surface area contributed by atoms with E-state index in [2.05, 4.69) is 35.9 Å². The highest BCUT2D eigenvalue weighted by atomic mass is 31.2. The molecule has 158 valence electrons. The van der Waals surface area contributed by atoms with Crippen molar-refractivity contribution in [3.63, 3.8) is 0 Å². The van der Waals surface area contributed by atoms with Crippen molar-refractivity contribution in [3.05, 3.63) is 29.8 Å². The lowest BCUT2D eigenvalue weighted by Crippen LogP contribution is -2.41. The summed E-state index contributed by atoms with van der Waals surface area (Å²) >= 11 is 0. The molecule has 7 heteroatoms. The van der Waals surface area contributed by atoms with Gasteiger partial charge in [0.25, 0.3) is 0 Å². The Morgan fingerprint density at radius 3 is 2.43 bits per heavy atom. The van der Waals surface area contributed by atoms with Crippen molar-refractivity contribution in [2.45, 2.75) is 26.3 Å². The molecule has 0 unspecified atom stereocenters. The van der Waals surface area contributed by atoms with E-state index in [9.17, 15) is 4.57 Å². The van der Waals surface area contributed by atoms with Crippen LogP contribution < -0.4 is 4.74 Å². The molecule has 28 heavy (non-hydrogen) atoms. The van der Waals surface area contributed by atoms with E-state index in [1.807, 2.05) is 25.2 Å². The number of likely N-dealkylation sites (N-methyl/N-ethyl adjacent to an activating group) is 2. The first-order chi connectivity index (χ1) is 13.3. The van der Waals surface area contributed by atoms with E-state index in [4.69, 9.17) is 20.2 Å². The second-order valence-electron chi connectivity index (χ2n) is 6.91. The molecule has 0 bridgehead atoms. The van der Waals surface area contributed by atoms with Crippen molar-refractivity contribution in [3.8, 4) is 18.1 Å². The molecule has 1 rings (SSSR count). The molecule has 0 aromatic heterocycles. The second-order valence-corrected chi connectivity index (χ2v) is 9.09. The minimum atomic E-state index is -3.08. The lowest BCUT2D eigenvalue weighted by Gasteiger charge is -2.29. The Morgan fingerprint density at radius 2 is 1.86 bits per heavy atom.